The Balaban J connectivity index is 2.19. The molecule has 0 saturated carbocycles. The van der Waals surface area contributed by atoms with Gasteiger partial charge in [-0.05, 0) is 6.92 Å². The van der Waals surface area contributed by atoms with Crippen LogP contribution in [0.25, 0.3) is 0 Å². The van der Waals surface area contributed by atoms with Crippen molar-refractivity contribution >= 4 is 5.82 Å². The molecule has 2 aromatic rings. The Bertz CT molecular complexity index is 417. The van der Waals surface area contributed by atoms with Crippen LogP contribution in [0.1, 0.15) is 11.5 Å². The lowest BCUT2D eigenvalue weighted by molar-refractivity contribution is 0.738. The number of rotatable bonds is 2. The van der Waals surface area contributed by atoms with E-state index in [9.17, 15) is 0 Å². The molecule has 0 atom stereocenters. The number of nitrogen functional groups attached to an aromatic ring is 1. The van der Waals surface area contributed by atoms with Gasteiger partial charge >= 0.3 is 0 Å². The van der Waals surface area contributed by atoms with Crippen LogP contribution in [0.2, 0.25) is 0 Å². The summed E-state index contributed by atoms with van der Waals surface area (Å²) in [6.07, 6.45) is 6.91. The van der Waals surface area contributed by atoms with E-state index in [0.29, 0.717) is 12.4 Å². The minimum atomic E-state index is 0.441. The molecule has 0 aliphatic carbocycles. The molecular formula is C9H11N5. The van der Waals surface area contributed by atoms with E-state index in [4.69, 9.17) is 5.73 Å². The molecule has 0 radical (unpaired) electrons. The molecule has 0 bridgehead atoms. The largest absolute Gasteiger partial charge is 0.382 e. The standard InChI is InChI=1S/C9H11N5/c1-7-11-2-3-14(7)6-8-4-13-9(10)5-12-8/h2-5H,6H2,1H3,(H2,10,13). The smallest absolute Gasteiger partial charge is 0.141 e. The summed E-state index contributed by atoms with van der Waals surface area (Å²) in [6, 6.07) is 0. The van der Waals surface area contributed by atoms with Gasteiger partial charge in [-0.25, -0.2) is 9.97 Å². The molecule has 5 nitrogen and oxygen atoms in total. The Morgan fingerprint density at radius 2 is 2.14 bits per heavy atom. The predicted octanol–water partition coefficient (Wildman–Crippen LogP) is 0.612. The highest BCUT2D eigenvalue weighted by molar-refractivity contribution is 5.22. The molecule has 2 aromatic heterocycles. The van der Waals surface area contributed by atoms with Gasteiger partial charge in [0.15, 0.2) is 0 Å². The molecule has 2 rings (SSSR count). The minimum Gasteiger partial charge on any atom is -0.382 e. The van der Waals surface area contributed by atoms with E-state index >= 15 is 0 Å². The third-order valence-electron chi connectivity index (χ3n) is 1.98. The van der Waals surface area contributed by atoms with Crippen molar-refractivity contribution < 1.29 is 0 Å². The number of hydrogen-bond donors (Lipinski definition) is 1. The number of aryl methyl sites for hydroxylation is 1. The molecule has 0 amide bonds. The third-order valence-corrected chi connectivity index (χ3v) is 1.98. The van der Waals surface area contributed by atoms with E-state index in [1.807, 2.05) is 17.7 Å². The lowest BCUT2D eigenvalue weighted by atomic mass is 10.4. The number of nitrogens with two attached hydrogens (primary N) is 1. The van der Waals surface area contributed by atoms with Gasteiger partial charge in [-0.3, -0.25) is 4.98 Å². The van der Waals surface area contributed by atoms with Gasteiger partial charge in [-0.2, -0.15) is 0 Å². The zero-order chi connectivity index (χ0) is 9.97. The fraction of sp³-hybridized carbons (Fsp3) is 0.222. The molecule has 2 N–H and O–H groups in total. The first-order valence-electron chi connectivity index (χ1n) is 4.30. The van der Waals surface area contributed by atoms with E-state index in [-0.39, 0.29) is 0 Å². The maximum Gasteiger partial charge on any atom is 0.141 e. The number of nitrogens with zero attached hydrogens (tertiary/aromatic N) is 4. The van der Waals surface area contributed by atoms with E-state index < -0.39 is 0 Å². The van der Waals surface area contributed by atoms with Gasteiger partial charge in [-0.1, -0.05) is 0 Å². The molecule has 2 heterocycles. The van der Waals surface area contributed by atoms with Crippen LogP contribution in [0.4, 0.5) is 5.82 Å². The fourth-order valence-electron chi connectivity index (χ4n) is 1.19. The molecule has 0 fully saturated rings. The van der Waals surface area contributed by atoms with Crippen molar-refractivity contribution in [3.8, 4) is 0 Å². The van der Waals surface area contributed by atoms with Crippen molar-refractivity contribution in [3.63, 3.8) is 0 Å². The highest BCUT2D eigenvalue weighted by Gasteiger charge is 1.99. The lowest BCUT2D eigenvalue weighted by Crippen LogP contribution is -2.04. The van der Waals surface area contributed by atoms with Gasteiger partial charge in [0.25, 0.3) is 0 Å². The van der Waals surface area contributed by atoms with Crippen LogP contribution in [0.5, 0.6) is 0 Å². The molecule has 0 saturated heterocycles. The van der Waals surface area contributed by atoms with E-state index in [2.05, 4.69) is 15.0 Å². The number of hydrogen-bond acceptors (Lipinski definition) is 4. The number of aromatic nitrogens is 4. The first-order valence-corrected chi connectivity index (χ1v) is 4.30. The highest BCUT2D eigenvalue weighted by Crippen LogP contribution is 2.02. The van der Waals surface area contributed by atoms with Crippen LogP contribution >= 0.6 is 0 Å². The molecule has 0 aliphatic heterocycles. The summed E-state index contributed by atoms with van der Waals surface area (Å²) in [5.74, 6) is 1.40. The van der Waals surface area contributed by atoms with Crippen molar-refractivity contribution in [3.05, 3.63) is 36.3 Å². The zero-order valence-electron chi connectivity index (χ0n) is 7.88. The Hall–Kier alpha value is -1.91. The van der Waals surface area contributed by atoms with E-state index in [0.717, 1.165) is 11.5 Å². The van der Waals surface area contributed by atoms with Crippen molar-refractivity contribution in [2.24, 2.45) is 0 Å². The second kappa shape index (κ2) is 3.45. The van der Waals surface area contributed by atoms with Crippen molar-refractivity contribution in [1.82, 2.24) is 19.5 Å². The van der Waals surface area contributed by atoms with E-state index in [1.165, 1.54) is 0 Å². The average Bonchev–Trinajstić information content (AvgIpc) is 2.56. The van der Waals surface area contributed by atoms with Gasteiger partial charge in [-0.15, -0.1) is 0 Å². The Kier molecular flexibility index (Phi) is 2.14. The maximum atomic E-state index is 5.44. The van der Waals surface area contributed by atoms with Crippen LogP contribution in [0.3, 0.4) is 0 Å². The summed E-state index contributed by atoms with van der Waals surface area (Å²) in [4.78, 5) is 12.2. The Morgan fingerprint density at radius 3 is 2.71 bits per heavy atom. The summed E-state index contributed by atoms with van der Waals surface area (Å²) in [5, 5.41) is 0. The summed E-state index contributed by atoms with van der Waals surface area (Å²) in [7, 11) is 0. The van der Waals surface area contributed by atoms with Crippen LogP contribution in [-0.2, 0) is 6.54 Å². The fourth-order valence-corrected chi connectivity index (χ4v) is 1.19. The Morgan fingerprint density at radius 1 is 1.29 bits per heavy atom. The van der Waals surface area contributed by atoms with Crippen LogP contribution in [0.15, 0.2) is 24.8 Å². The third kappa shape index (κ3) is 1.71. The van der Waals surface area contributed by atoms with Gasteiger partial charge in [0.1, 0.15) is 11.6 Å². The highest BCUT2D eigenvalue weighted by atomic mass is 15.1. The molecule has 14 heavy (non-hydrogen) atoms. The molecule has 0 spiro atoms. The summed E-state index contributed by atoms with van der Waals surface area (Å²) in [5.41, 5.74) is 6.31. The van der Waals surface area contributed by atoms with Crippen molar-refractivity contribution in [1.29, 1.82) is 0 Å². The molecule has 72 valence electrons. The summed E-state index contributed by atoms with van der Waals surface area (Å²) in [6.45, 7) is 2.63. The molecule has 0 unspecified atom stereocenters. The normalized spacial score (nSPS) is 10.4. The SMILES string of the molecule is Cc1nccn1Cc1cnc(N)cn1. The monoisotopic (exact) mass is 189 g/mol. The molecule has 5 heteroatoms. The van der Waals surface area contributed by atoms with Gasteiger partial charge in [0, 0.05) is 12.4 Å². The lowest BCUT2D eigenvalue weighted by Gasteiger charge is -2.03. The minimum absolute atomic E-state index is 0.441. The molecular weight excluding hydrogens is 178 g/mol. The zero-order valence-corrected chi connectivity index (χ0v) is 7.88. The predicted molar refractivity (Wildman–Crippen MR) is 52.5 cm³/mol. The number of imidazole rings is 1. The van der Waals surface area contributed by atoms with Gasteiger partial charge < -0.3 is 10.3 Å². The maximum absolute atomic E-state index is 5.44. The van der Waals surface area contributed by atoms with Gasteiger partial charge in [0.05, 0.1) is 24.6 Å². The van der Waals surface area contributed by atoms with E-state index in [1.54, 1.807) is 18.6 Å². The van der Waals surface area contributed by atoms with Crippen LogP contribution in [0, 0.1) is 6.92 Å². The Labute approximate surface area is 81.6 Å². The second-order valence-electron chi connectivity index (χ2n) is 3.03. The quantitative estimate of drug-likeness (QED) is 0.751. The van der Waals surface area contributed by atoms with Crippen LogP contribution < -0.4 is 5.73 Å². The van der Waals surface area contributed by atoms with Crippen molar-refractivity contribution in [2.75, 3.05) is 5.73 Å². The second-order valence-corrected chi connectivity index (χ2v) is 3.03. The van der Waals surface area contributed by atoms with Crippen molar-refractivity contribution in [2.45, 2.75) is 13.5 Å². The van der Waals surface area contributed by atoms with Gasteiger partial charge in [0.2, 0.25) is 0 Å². The first kappa shape index (κ1) is 8.68. The average molecular weight is 189 g/mol. The van der Waals surface area contributed by atoms with Crippen LogP contribution in [-0.4, -0.2) is 19.5 Å². The molecule has 0 aromatic carbocycles. The molecule has 0 aliphatic rings. The summed E-state index contributed by atoms with van der Waals surface area (Å²) < 4.78 is 2.00. The summed E-state index contributed by atoms with van der Waals surface area (Å²) >= 11 is 0. The first-order chi connectivity index (χ1) is 6.75. The number of anilines is 1. The topological polar surface area (TPSA) is 69.6 Å².